The molecule has 0 fully saturated rings. The highest BCUT2D eigenvalue weighted by atomic mass is 16.5. The lowest BCUT2D eigenvalue weighted by molar-refractivity contribution is 0.417. The van der Waals surface area contributed by atoms with Gasteiger partial charge in [-0.2, -0.15) is 15.3 Å². The third-order valence-corrected chi connectivity index (χ3v) is 9.37. The number of aromatic nitrogens is 10. The Labute approximate surface area is 315 Å². The highest BCUT2D eigenvalue weighted by Crippen LogP contribution is 2.47. The van der Waals surface area contributed by atoms with Crippen molar-refractivity contribution < 1.29 is 22.7 Å². The van der Waals surface area contributed by atoms with E-state index in [9.17, 15) is 0 Å². The van der Waals surface area contributed by atoms with Gasteiger partial charge in [-0.1, -0.05) is 6.07 Å². The van der Waals surface area contributed by atoms with Crippen LogP contribution in [-0.2, 0) is 0 Å². The summed E-state index contributed by atoms with van der Waals surface area (Å²) >= 11 is 0. The molecule has 56 heavy (non-hydrogen) atoms. The molecule has 5 N–H and O–H groups in total. The summed E-state index contributed by atoms with van der Waals surface area (Å²) in [5.41, 5.74) is 9.09. The van der Waals surface area contributed by atoms with Crippen LogP contribution in [0.5, 0.6) is 11.5 Å². The third-order valence-electron chi connectivity index (χ3n) is 9.37. The number of hydrogen-bond acceptors (Lipinski definition) is 14. The molecule has 0 saturated heterocycles. The van der Waals surface area contributed by atoms with Crippen molar-refractivity contribution in [3.8, 4) is 67.6 Å². The van der Waals surface area contributed by atoms with Crippen LogP contribution in [0.3, 0.4) is 0 Å². The van der Waals surface area contributed by atoms with Crippen LogP contribution in [0.1, 0.15) is 0 Å². The Balaban J connectivity index is 1.11. The smallest absolute Gasteiger partial charge is 0.162 e. The van der Waals surface area contributed by atoms with Crippen molar-refractivity contribution in [2.45, 2.75) is 0 Å². The summed E-state index contributed by atoms with van der Waals surface area (Å²) in [5, 5.41) is 30.4. The number of nitrogens with one attached hydrogen (secondary N) is 5. The maximum absolute atomic E-state index is 6.24. The Kier molecular flexibility index (Phi) is 7.72. The number of furan rings is 3. The van der Waals surface area contributed by atoms with Gasteiger partial charge in [0, 0.05) is 34.0 Å². The zero-order valence-corrected chi connectivity index (χ0v) is 29.5. The molecule has 0 aliphatic rings. The van der Waals surface area contributed by atoms with Gasteiger partial charge in [0.15, 0.2) is 17.1 Å². The summed E-state index contributed by atoms with van der Waals surface area (Å²) in [4.78, 5) is 18.1. The molecular formula is C39H28N12O5. The van der Waals surface area contributed by atoms with Gasteiger partial charge in [-0.15, -0.1) is 0 Å². The molecule has 0 spiro atoms. The molecule has 0 saturated carbocycles. The van der Waals surface area contributed by atoms with Crippen molar-refractivity contribution in [1.29, 1.82) is 0 Å². The second-order valence-corrected chi connectivity index (χ2v) is 12.5. The number of anilines is 4. The van der Waals surface area contributed by atoms with Crippen LogP contribution in [0, 0.1) is 0 Å². The molecule has 8 heterocycles. The maximum atomic E-state index is 6.24. The van der Waals surface area contributed by atoms with E-state index < -0.39 is 0 Å². The number of methoxy groups -OCH3 is 2. The van der Waals surface area contributed by atoms with Gasteiger partial charge in [0.1, 0.15) is 47.2 Å². The summed E-state index contributed by atoms with van der Waals surface area (Å²) in [6, 6.07) is 15.4. The van der Waals surface area contributed by atoms with Crippen molar-refractivity contribution >= 4 is 45.1 Å². The Hall–Kier alpha value is -8.21. The average Bonchev–Trinajstić information content (AvgIpc) is 4.08. The fourth-order valence-electron chi connectivity index (χ4n) is 6.77. The molecular weight excluding hydrogens is 717 g/mol. The molecule has 17 heteroatoms. The Morgan fingerprint density at radius 3 is 2.00 bits per heavy atom. The van der Waals surface area contributed by atoms with Crippen LogP contribution in [0.2, 0.25) is 0 Å². The lowest BCUT2D eigenvalue weighted by Gasteiger charge is -2.17. The molecule has 10 rings (SSSR count). The topological polar surface area (TPSA) is 220 Å². The maximum Gasteiger partial charge on any atom is 0.162 e. The van der Waals surface area contributed by atoms with Gasteiger partial charge in [0.2, 0.25) is 0 Å². The quantitative estimate of drug-likeness (QED) is 0.0840. The van der Waals surface area contributed by atoms with Crippen molar-refractivity contribution in [3.05, 3.63) is 105 Å². The molecule has 0 aliphatic heterocycles. The van der Waals surface area contributed by atoms with Gasteiger partial charge in [-0.05, 0) is 53.6 Å². The molecule has 0 aliphatic carbocycles. The average molecular weight is 745 g/mol. The first kappa shape index (κ1) is 32.4. The van der Waals surface area contributed by atoms with Crippen LogP contribution in [-0.4, -0.2) is 64.7 Å². The van der Waals surface area contributed by atoms with Crippen LogP contribution in [0.15, 0.2) is 118 Å². The van der Waals surface area contributed by atoms with Gasteiger partial charge >= 0.3 is 0 Å². The van der Waals surface area contributed by atoms with E-state index in [2.05, 4.69) is 56.1 Å². The minimum absolute atomic E-state index is 0.448. The first-order valence-corrected chi connectivity index (χ1v) is 17.1. The molecule has 0 amide bonds. The van der Waals surface area contributed by atoms with Gasteiger partial charge in [-0.3, -0.25) is 15.3 Å². The number of hydrogen-bond donors (Lipinski definition) is 5. The molecule has 0 bridgehead atoms. The molecule has 8 aromatic heterocycles. The molecule has 0 radical (unpaired) electrons. The Morgan fingerprint density at radius 1 is 0.625 bits per heavy atom. The number of benzene rings is 2. The monoisotopic (exact) mass is 744 g/mol. The van der Waals surface area contributed by atoms with Gasteiger partial charge in [0.25, 0.3) is 0 Å². The number of nitrogens with zero attached hydrogens (tertiary/aromatic N) is 7. The summed E-state index contributed by atoms with van der Waals surface area (Å²) in [7, 11) is 3.22. The fraction of sp³-hybridized carbons (Fsp3) is 0.0513. The molecule has 274 valence electrons. The number of fused-ring (bicyclic) bond motifs is 2. The summed E-state index contributed by atoms with van der Waals surface area (Å²) in [6.07, 6.45) is 14.6. The number of H-pyrrole nitrogens is 3. The van der Waals surface area contributed by atoms with E-state index in [-0.39, 0.29) is 0 Å². The highest BCUT2D eigenvalue weighted by Gasteiger charge is 2.26. The third kappa shape index (κ3) is 5.45. The predicted octanol–water partition coefficient (Wildman–Crippen LogP) is 8.36. The standard InChI is InChI=1S/C39H28N12O5/c1-52-29-4-3-20(21-5-8-54-16-21)12-27(29)46-37-31-33(49-51-39(31)43-19-41-37)35-25(7-10-56-35)26-11-23(22-6-9-55-17-22)13-28(34(26)53-2)47-36-30-32(24-14-44-45-15-24)48-50-38(30)42-18-40-36/h3-19H,1-2H3,(H,44,45)(H2,40,42,47,48,50)(H2,41,43,46,49,51). The fourth-order valence-corrected chi connectivity index (χ4v) is 6.77. The second kappa shape index (κ2) is 13.3. The largest absolute Gasteiger partial charge is 0.495 e. The first-order valence-electron chi connectivity index (χ1n) is 17.1. The van der Waals surface area contributed by atoms with Crippen LogP contribution >= 0.6 is 0 Å². The van der Waals surface area contributed by atoms with E-state index in [0.717, 1.165) is 27.8 Å². The van der Waals surface area contributed by atoms with E-state index in [0.29, 0.717) is 84.9 Å². The van der Waals surface area contributed by atoms with E-state index in [4.69, 9.17) is 27.8 Å². The van der Waals surface area contributed by atoms with E-state index in [1.165, 1.54) is 12.7 Å². The summed E-state index contributed by atoms with van der Waals surface area (Å²) in [5.74, 6) is 2.55. The van der Waals surface area contributed by atoms with Crippen molar-refractivity contribution in [3.63, 3.8) is 0 Å². The van der Waals surface area contributed by atoms with Crippen LogP contribution < -0.4 is 20.1 Å². The molecule has 17 nitrogen and oxygen atoms in total. The molecule has 0 unspecified atom stereocenters. The second-order valence-electron chi connectivity index (χ2n) is 12.5. The summed E-state index contributed by atoms with van der Waals surface area (Å²) in [6.45, 7) is 0. The van der Waals surface area contributed by atoms with Crippen molar-refractivity contribution in [1.82, 2.24) is 50.5 Å². The SMILES string of the molecule is COc1ccc(-c2ccoc2)cc1Nc1ncnc2[nH]nc(-c3occc3-c3cc(-c4ccoc4)cc(Nc4ncnc5[nH]nc(-c6cn[nH]c6)c45)c3OC)c12. The Bertz CT molecular complexity index is 2960. The lowest BCUT2D eigenvalue weighted by Crippen LogP contribution is -2.01. The minimum Gasteiger partial charge on any atom is -0.495 e. The highest BCUT2D eigenvalue weighted by molar-refractivity contribution is 6.04. The minimum atomic E-state index is 0.448. The first-order chi connectivity index (χ1) is 27.7. The van der Waals surface area contributed by atoms with Gasteiger partial charge in [0.05, 0.1) is 73.9 Å². The molecule has 10 aromatic rings. The number of ether oxygens (including phenoxy) is 2. The number of rotatable bonds is 11. The van der Waals surface area contributed by atoms with Gasteiger partial charge < -0.3 is 33.4 Å². The van der Waals surface area contributed by atoms with E-state index in [1.807, 2.05) is 48.5 Å². The zero-order valence-electron chi connectivity index (χ0n) is 29.5. The normalized spacial score (nSPS) is 11.4. The van der Waals surface area contributed by atoms with Gasteiger partial charge in [-0.25, -0.2) is 19.9 Å². The number of aromatic amines is 3. The van der Waals surface area contributed by atoms with Crippen molar-refractivity contribution in [2.24, 2.45) is 0 Å². The summed E-state index contributed by atoms with van der Waals surface area (Å²) < 4.78 is 29.0. The lowest BCUT2D eigenvalue weighted by atomic mass is 9.97. The molecule has 2 aromatic carbocycles. The van der Waals surface area contributed by atoms with E-state index >= 15 is 0 Å². The van der Waals surface area contributed by atoms with Crippen LogP contribution in [0.25, 0.3) is 78.2 Å². The predicted molar refractivity (Wildman–Crippen MR) is 206 cm³/mol. The zero-order chi connectivity index (χ0) is 37.6. The Morgan fingerprint density at radius 2 is 1.32 bits per heavy atom. The molecule has 0 atom stereocenters. The van der Waals surface area contributed by atoms with Crippen LogP contribution in [0.4, 0.5) is 23.0 Å². The van der Waals surface area contributed by atoms with Crippen molar-refractivity contribution in [2.75, 3.05) is 24.9 Å². The van der Waals surface area contributed by atoms with E-state index in [1.54, 1.807) is 57.9 Å².